The zero-order chi connectivity index (χ0) is 8.97. The maximum atomic E-state index is 9.81. The van der Waals surface area contributed by atoms with Crippen molar-refractivity contribution in [1.29, 1.82) is 0 Å². The molecule has 0 unspecified atom stereocenters. The molecule has 0 aliphatic carbocycles. The molecule has 0 spiro atoms. The second kappa shape index (κ2) is 4.13. The molecule has 1 rings (SSSR count). The minimum atomic E-state index is -0.608. The monoisotopic (exact) mass is 205 g/mol. The van der Waals surface area contributed by atoms with Crippen LogP contribution < -0.4 is 0 Å². The van der Waals surface area contributed by atoms with Crippen molar-refractivity contribution >= 4 is 29.3 Å². The third-order valence-corrected chi connectivity index (χ3v) is 2.05. The van der Waals surface area contributed by atoms with E-state index in [4.69, 9.17) is 11.6 Å². The van der Waals surface area contributed by atoms with Crippen LogP contribution in [0.25, 0.3) is 0 Å². The Morgan fingerprint density at radius 3 is 3.17 bits per heavy atom. The molecule has 0 N–H and O–H groups in total. The fourth-order valence-electron chi connectivity index (χ4n) is 0.554. The molecule has 0 aromatic carbocycles. The molecule has 64 valence electrons. The quantitative estimate of drug-likeness (QED) is 0.326. The van der Waals surface area contributed by atoms with E-state index >= 15 is 0 Å². The highest BCUT2D eigenvalue weighted by molar-refractivity contribution is 7.15. The highest BCUT2D eigenvalue weighted by Crippen LogP contribution is 2.17. The molecule has 1 aromatic heterocycles. The van der Waals surface area contributed by atoms with Crippen molar-refractivity contribution in [2.45, 2.75) is 6.54 Å². The van der Waals surface area contributed by atoms with Gasteiger partial charge in [-0.25, -0.2) is 4.98 Å². The molecule has 0 aliphatic rings. The number of aliphatic imine (C=N–C) groups is 1. The van der Waals surface area contributed by atoms with Crippen LogP contribution in [0.1, 0.15) is 4.88 Å². The Balaban J connectivity index is 2.48. The lowest BCUT2D eigenvalue weighted by atomic mass is 10.6. The van der Waals surface area contributed by atoms with Gasteiger partial charge in [-0.2, -0.15) is 0 Å². The molecular formula is C5H4ClN3O2S. The van der Waals surface area contributed by atoms with E-state index in [9.17, 15) is 10.1 Å². The predicted octanol–water partition coefficient (Wildman–Crippen LogP) is 1.60. The lowest BCUT2D eigenvalue weighted by Crippen LogP contribution is -1.92. The van der Waals surface area contributed by atoms with Gasteiger partial charge in [0.2, 0.25) is 0 Å². The number of nitrogens with zero attached hydrogens (tertiary/aromatic N) is 3. The highest BCUT2D eigenvalue weighted by Gasteiger charge is 2.00. The van der Waals surface area contributed by atoms with Gasteiger partial charge in [0.1, 0.15) is 0 Å². The minimum absolute atomic E-state index is 0.255. The maximum absolute atomic E-state index is 9.81. The highest BCUT2D eigenvalue weighted by atomic mass is 35.5. The normalized spacial score (nSPS) is 10.8. The molecule has 0 bridgehead atoms. The maximum Gasteiger partial charge on any atom is 0.321 e. The van der Waals surface area contributed by atoms with Gasteiger partial charge in [-0.05, 0) is 4.92 Å². The van der Waals surface area contributed by atoms with Crippen LogP contribution in [-0.2, 0) is 6.54 Å². The number of nitro groups is 1. The molecule has 7 heteroatoms. The molecule has 0 saturated heterocycles. The third kappa shape index (κ3) is 2.93. The topological polar surface area (TPSA) is 68.4 Å². The molecule has 0 fully saturated rings. The lowest BCUT2D eigenvalue weighted by Gasteiger charge is -1.80. The summed E-state index contributed by atoms with van der Waals surface area (Å²) in [5.41, 5.74) is 0. The molecule has 1 aromatic rings. The molecule has 12 heavy (non-hydrogen) atoms. The van der Waals surface area contributed by atoms with E-state index in [1.807, 2.05) is 0 Å². The van der Waals surface area contributed by atoms with Crippen LogP contribution in [0.2, 0.25) is 4.47 Å². The van der Waals surface area contributed by atoms with E-state index in [-0.39, 0.29) is 6.54 Å². The van der Waals surface area contributed by atoms with Crippen LogP contribution in [0, 0.1) is 10.1 Å². The summed E-state index contributed by atoms with van der Waals surface area (Å²) < 4.78 is 0.418. The van der Waals surface area contributed by atoms with Crippen molar-refractivity contribution < 1.29 is 4.92 Å². The van der Waals surface area contributed by atoms with Gasteiger partial charge < -0.3 is 10.1 Å². The van der Waals surface area contributed by atoms with E-state index in [0.29, 0.717) is 10.8 Å². The van der Waals surface area contributed by atoms with Crippen LogP contribution in [0.3, 0.4) is 0 Å². The Hall–Kier alpha value is -1.01. The van der Waals surface area contributed by atoms with Gasteiger partial charge in [0.25, 0.3) is 0 Å². The van der Waals surface area contributed by atoms with E-state index in [0.717, 1.165) is 4.88 Å². The third-order valence-electron chi connectivity index (χ3n) is 0.948. The summed E-state index contributed by atoms with van der Waals surface area (Å²) >= 11 is 6.78. The van der Waals surface area contributed by atoms with Crippen LogP contribution in [0.4, 0.5) is 0 Å². The van der Waals surface area contributed by atoms with Crippen LogP contribution >= 0.6 is 22.9 Å². The number of hydrogen-bond acceptors (Lipinski definition) is 5. The van der Waals surface area contributed by atoms with Gasteiger partial charge in [0.05, 0.1) is 4.88 Å². The number of rotatable bonds is 3. The van der Waals surface area contributed by atoms with Crippen molar-refractivity contribution in [2.75, 3.05) is 0 Å². The van der Waals surface area contributed by atoms with Gasteiger partial charge >= 0.3 is 6.34 Å². The van der Waals surface area contributed by atoms with E-state index in [1.54, 1.807) is 6.20 Å². The molecule has 0 aliphatic heterocycles. The summed E-state index contributed by atoms with van der Waals surface area (Å²) in [6.07, 6.45) is 2.21. The van der Waals surface area contributed by atoms with E-state index in [2.05, 4.69) is 9.98 Å². The van der Waals surface area contributed by atoms with Gasteiger partial charge in [0.15, 0.2) is 11.0 Å². The lowest BCUT2D eigenvalue weighted by molar-refractivity contribution is -0.339. The Labute approximate surface area is 76.9 Å². The first kappa shape index (κ1) is 9.08. The van der Waals surface area contributed by atoms with Gasteiger partial charge in [-0.15, -0.1) is 11.3 Å². The van der Waals surface area contributed by atoms with Gasteiger partial charge in [-0.1, -0.05) is 16.6 Å². The fraction of sp³-hybridized carbons (Fsp3) is 0.200. The first-order chi connectivity index (χ1) is 5.68. The van der Waals surface area contributed by atoms with E-state index in [1.165, 1.54) is 11.3 Å². The predicted molar refractivity (Wildman–Crippen MR) is 46.3 cm³/mol. The fourth-order valence-corrected chi connectivity index (χ4v) is 1.47. The number of halogens is 1. The first-order valence-corrected chi connectivity index (χ1v) is 4.11. The molecule has 0 radical (unpaired) electrons. The van der Waals surface area contributed by atoms with Crippen molar-refractivity contribution in [2.24, 2.45) is 4.99 Å². The summed E-state index contributed by atoms with van der Waals surface area (Å²) in [6.45, 7) is 0.255. The Morgan fingerprint density at radius 1 is 1.92 bits per heavy atom. The smallest absolute Gasteiger partial charge is 0.321 e. The number of thiazole rings is 1. The molecule has 0 atom stereocenters. The van der Waals surface area contributed by atoms with Gasteiger partial charge in [-0.3, -0.25) is 0 Å². The summed E-state index contributed by atoms with van der Waals surface area (Å²) in [5, 5.41) is 9.81. The summed E-state index contributed by atoms with van der Waals surface area (Å²) in [5.74, 6) is 0. The van der Waals surface area contributed by atoms with Crippen molar-refractivity contribution in [3.63, 3.8) is 0 Å². The number of aromatic nitrogens is 1. The zero-order valence-electron chi connectivity index (χ0n) is 5.81. The van der Waals surface area contributed by atoms with E-state index < -0.39 is 4.92 Å². The summed E-state index contributed by atoms with van der Waals surface area (Å²) in [6, 6.07) is 0. The Morgan fingerprint density at radius 2 is 2.67 bits per heavy atom. The second-order valence-electron chi connectivity index (χ2n) is 1.82. The standard InChI is InChI=1S/C5H4ClN3O2S/c6-5-8-2-4(12-5)1-7-3-9(10)11/h2-3H,1H2. The second-order valence-corrected chi connectivity index (χ2v) is 3.52. The van der Waals surface area contributed by atoms with Crippen molar-refractivity contribution in [3.8, 4) is 0 Å². The van der Waals surface area contributed by atoms with Crippen LogP contribution in [-0.4, -0.2) is 16.2 Å². The molecular weight excluding hydrogens is 202 g/mol. The average Bonchev–Trinajstić information content (AvgIpc) is 2.35. The SMILES string of the molecule is O=[N+]([O-])C=NCc1cnc(Cl)s1. The molecule has 0 amide bonds. The van der Waals surface area contributed by atoms with Crippen LogP contribution in [0.5, 0.6) is 0 Å². The summed E-state index contributed by atoms with van der Waals surface area (Å²) in [7, 11) is 0. The largest absolute Gasteiger partial charge is 0.358 e. The average molecular weight is 206 g/mol. The van der Waals surface area contributed by atoms with Crippen molar-refractivity contribution in [1.82, 2.24) is 4.98 Å². The van der Waals surface area contributed by atoms with Crippen LogP contribution in [0.15, 0.2) is 11.2 Å². The number of hydrogen-bond donors (Lipinski definition) is 0. The molecule has 5 nitrogen and oxygen atoms in total. The molecule has 0 saturated carbocycles. The molecule has 1 heterocycles. The van der Waals surface area contributed by atoms with Crippen molar-refractivity contribution in [3.05, 3.63) is 25.7 Å². The zero-order valence-corrected chi connectivity index (χ0v) is 7.38. The summed E-state index contributed by atoms with van der Waals surface area (Å²) in [4.78, 5) is 17.3. The van der Waals surface area contributed by atoms with Gasteiger partial charge in [0, 0.05) is 6.20 Å². The Kier molecular flexibility index (Phi) is 3.12. The first-order valence-electron chi connectivity index (χ1n) is 2.92. The minimum Gasteiger partial charge on any atom is -0.358 e. The Bertz CT molecular complexity index is 311.